The summed E-state index contributed by atoms with van der Waals surface area (Å²) in [4.78, 5) is 28.2. The summed E-state index contributed by atoms with van der Waals surface area (Å²) in [7, 11) is 7.33. The molecule has 2 amide bonds. The minimum absolute atomic E-state index is 0.0687. The minimum Gasteiger partial charge on any atom is -0.493 e. The van der Waals surface area contributed by atoms with Crippen LogP contribution in [0.4, 0.5) is 0 Å². The highest BCUT2D eigenvalue weighted by Gasteiger charge is 2.27. The molecule has 0 fully saturated rings. The quantitative estimate of drug-likeness (QED) is 0.601. The lowest BCUT2D eigenvalue weighted by Crippen LogP contribution is -2.38. The molecule has 1 aliphatic carbocycles. The molecule has 1 heterocycles. The topological polar surface area (TPSA) is 59.1 Å². The zero-order chi connectivity index (χ0) is 25.0. The maximum absolute atomic E-state index is 12.4. The van der Waals surface area contributed by atoms with Gasteiger partial charge in [0.05, 0.1) is 27.1 Å². The van der Waals surface area contributed by atoms with Gasteiger partial charge in [0.1, 0.15) is 0 Å². The molecule has 1 unspecified atom stereocenters. The number of rotatable bonds is 6. The number of fused-ring (bicyclic) bond motifs is 2. The molecule has 6 heteroatoms. The Labute approximate surface area is 203 Å². The van der Waals surface area contributed by atoms with Crippen molar-refractivity contribution in [2.75, 3.05) is 41.4 Å². The second-order valence-electron chi connectivity index (χ2n) is 9.67. The zero-order valence-corrected chi connectivity index (χ0v) is 21.7. The summed E-state index contributed by atoms with van der Waals surface area (Å²) in [6, 6.07) is 8.27. The maximum Gasteiger partial charge on any atom is 0.233 e. The fourth-order valence-electron chi connectivity index (χ4n) is 4.60. The molecule has 4 rings (SSSR count). The molecule has 184 valence electrons. The molecule has 2 aromatic rings. The second kappa shape index (κ2) is 11.0. The van der Waals surface area contributed by atoms with Crippen LogP contribution in [0.5, 0.6) is 11.5 Å². The van der Waals surface area contributed by atoms with Crippen molar-refractivity contribution in [1.82, 2.24) is 9.80 Å². The summed E-state index contributed by atoms with van der Waals surface area (Å²) < 4.78 is 10.4. The number of ether oxygens (including phenoxy) is 2. The maximum atomic E-state index is 12.4. The molecule has 0 radical (unpaired) electrons. The van der Waals surface area contributed by atoms with Gasteiger partial charge in [-0.15, -0.1) is 0 Å². The van der Waals surface area contributed by atoms with Crippen LogP contribution < -0.4 is 9.47 Å². The summed E-state index contributed by atoms with van der Waals surface area (Å²) in [5, 5.41) is 0. The number of hydrogen-bond donors (Lipinski definition) is 0. The number of methoxy groups -OCH3 is 2. The molecule has 34 heavy (non-hydrogen) atoms. The summed E-state index contributed by atoms with van der Waals surface area (Å²) in [6.45, 7) is 7.71. The predicted molar refractivity (Wildman–Crippen MR) is 135 cm³/mol. The normalized spacial score (nSPS) is 16.7. The highest BCUT2D eigenvalue weighted by molar-refractivity contribution is 5.99. The largest absolute Gasteiger partial charge is 0.493 e. The van der Waals surface area contributed by atoms with Gasteiger partial charge in [-0.25, -0.2) is 0 Å². The van der Waals surface area contributed by atoms with E-state index in [1.807, 2.05) is 27.9 Å². The highest BCUT2D eigenvalue weighted by atomic mass is 16.5. The lowest BCUT2D eigenvalue weighted by Gasteiger charge is -2.28. The van der Waals surface area contributed by atoms with E-state index in [1.165, 1.54) is 27.2 Å². The van der Waals surface area contributed by atoms with Crippen molar-refractivity contribution in [2.45, 2.75) is 52.4 Å². The number of aryl methyl sites for hydroxylation is 2. The van der Waals surface area contributed by atoms with Gasteiger partial charge in [0.15, 0.2) is 11.5 Å². The van der Waals surface area contributed by atoms with Gasteiger partial charge in [0.2, 0.25) is 11.8 Å². The van der Waals surface area contributed by atoms with Gasteiger partial charge in [-0.3, -0.25) is 14.5 Å². The molecule has 1 aliphatic heterocycles. The van der Waals surface area contributed by atoms with Crippen molar-refractivity contribution in [2.24, 2.45) is 0 Å². The van der Waals surface area contributed by atoms with Crippen LogP contribution in [0.2, 0.25) is 0 Å². The van der Waals surface area contributed by atoms with Gasteiger partial charge in [0, 0.05) is 6.54 Å². The van der Waals surface area contributed by atoms with Crippen LogP contribution in [0.1, 0.15) is 52.6 Å². The molecular formula is C28H38N2O4. The predicted octanol–water partition coefficient (Wildman–Crippen LogP) is 4.07. The number of carbonyl (C=O) groups excluding carboxylic acids is 2. The van der Waals surface area contributed by atoms with E-state index in [0.717, 1.165) is 42.0 Å². The fourth-order valence-corrected chi connectivity index (χ4v) is 4.60. The Morgan fingerprint density at radius 1 is 0.882 bits per heavy atom. The third-order valence-electron chi connectivity index (χ3n) is 6.79. The molecule has 0 N–H and O–H groups in total. The summed E-state index contributed by atoms with van der Waals surface area (Å²) in [6.07, 6.45) is 2.66. The molecule has 0 spiro atoms. The Kier molecular flexibility index (Phi) is 8.37. The molecule has 2 aliphatic rings. The van der Waals surface area contributed by atoms with E-state index in [1.54, 1.807) is 14.2 Å². The molecule has 0 aromatic heterocycles. The highest BCUT2D eigenvalue weighted by Crippen LogP contribution is 2.41. The number of benzene rings is 2. The standard InChI is InChI=1S/C17H24N2O2.C11H14O2/c1-12-8-14-10-16(20)19(7-5-6-18(3)4)17(21)11-15(14)9-13(12)2;1-7-4-8-5-10(12-2)11(13-3)6-9(7)8/h8-9H,5-7,10-11H2,1-4H3;5-7H,4H2,1-3H3. The van der Waals surface area contributed by atoms with E-state index < -0.39 is 0 Å². The van der Waals surface area contributed by atoms with Crippen molar-refractivity contribution < 1.29 is 19.1 Å². The van der Waals surface area contributed by atoms with Gasteiger partial charge >= 0.3 is 0 Å². The van der Waals surface area contributed by atoms with Crippen LogP contribution >= 0.6 is 0 Å². The van der Waals surface area contributed by atoms with E-state index >= 15 is 0 Å². The van der Waals surface area contributed by atoms with Crippen molar-refractivity contribution in [3.63, 3.8) is 0 Å². The second-order valence-corrected chi connectivity index (χ2v) is 9.67. The van der Waals surface area contributed by atoms with Gasteiger partial charge in [-0.1, -0.05) is 19.1 Å². The monoisotopic (exact) mass is 466 g/mol. The molecule has 0 bridgehead atoms. The molecule has 6 nitrogen and oxygen atoms in total. The van der Waals surface area contributed by atoms with E-state index in [4.69, 9.17) is 9.47 Å². The van der Waals surface area contributed by atoms with Crippen LogP contribution in [0, 0.1) is 13.8 Å². The van der Waals surface area contributed by atoms with Crippen molar-refractivity contribution >= 4 is 11.8 Å². The lowest BCUT2D eigenvalue weighted by atomic mass is 9.78. The average Bonchev–Trinajstić information content (AvgIpc) is 2.89. The van der Waals surface area contributed by atoms with Crippen LogP contribution in [0.3, 0.4) is 0 Å². The third-order valence-corrected chi connectivity index (χ3v) is 6.79. The molecular weight excluding hydrogens is 428 g/mol. The first kappa shape index (κ1) is 25.8. The van der Waals surface area contributed by atoms with Gasteiger partial charge in [-0.2, -0.15) is 0 Å². The summed E-state index contributed by atoms with van der Waals surface area (Å²) in [5.41, 5.74) is 7.16. The van der Waals surface area contributed by atoms with Crippen LogP contribution in [0.25, 0.3) is 0 Å². The average molecular weight is 467 g/mol. The van der Waals surface area contributed by atoms with E-state index in [-0.39, 0.29) is 11.8 Å². The first-order valence-electron chi connectivity index (χ1n) is 12.0. The first-order valence-corrected chi connectivity index (χ1v) is 12.0. The number of hydrogen-bond acceptors (Lipinski definition) is 5. The minimum atomic E-state index is -0.0687. The number of carbonyl (C=O) groups is 2. The third kappa shape index (κ3) is 5.79. The molecule has 0 saturated carbocycles. The van der Waals surface area contributed by atoms with Crippen LogP contribution in [-0.2, 0) is 28.9 Å². The Bertz CT molecular complexity index is 1020. The Hall–Kier alpha value is -2.86. The Balaban J connectivity index is 0.000000212. The molecule has 2 aromatic carbocycles. The van der Waals surface area contributed by atoms with Crippen LogP contribution in [-0.4, -0.2) is 63.0 Å². The number of imide groups is 1. The number of nitrogens with zero attached hydrogens (tertiary/aromatic N) is 2. The van der Waals surface area contributed by atoms with E-state index in [2.05, 4.69) is 36.1 Å². The summed E-state index contributed by atoms with van der Waals surface area (Å²) in [5.74, 6) is 2.22. The SMILES string of the molecule is COc1cc2c(cc1OC)C(C)C2.Cc1cc2c(cc1C)CC(=O)N(CCCN(C)C)C(=O)C2. The van der Waals surface area contributed by atoms with Gasteiger partial charge < -0.3 is 14.4 Å². The van der Waals surface area contributed by atoms with Crippen molar-refractivity contribution in [3.8, 4) is 11.5 Å². The van der Waals surface area contributed by atoms with Crippen molar-refractivity contribution in [3.05, 3.63) is 57.6 Å². The molecule has 1 atom stereocenters. The lowest BCUT2D eigenvalue weighted by molar-refractivity contribution is -0.143. The molecule has 0 saturated heterocycles. The smallest absolute Gasteiger partial charge is 0.233 e. The van der Waals surface area contributed by atoms with Gasteiger partial charge in [-0.05, 0) is 98.8 Å². The Morgan fingerprint density at radius 2 is 1.41 bits per heavy atom. The van der Waals surface area contributed by atoms with Gasteiger partial charge in [0.25, 0.3) is 0 Å². The van der Waals surface area contributed by atoms with E-state index in [0.29, 0.717) is 25.3 Å². The Morgan fingerprint density at radius 3 is 1.88 bits per heavy atom. The van der Waals surface area contributed by atoms with Crippen molar-refractivity contribution in [1.29, 1.82) is 0 Å². The van der Waals surface area contributed by atoms with E-state index in [9.17, 15) is 9.59 Å². The number of amides is 2. The summed E-state index contributed by atoms with van der Waals surface area (Å²) >= 11 is 0. The van der Waals surface area contributed by atoms with Crippen LogP contribution in [0.15, 0.2) is 24.3 Å². The zero-order valence-electron chi connectivity index (χ0n) is 21.7. The fraction of sp³-hybridized carbons (Fsp3) is 0.500. The first-order chi connectivity index (χ1) is 16.1.